The summed E-state index contributed by atoms with van der Waals surface area (Å²) >= 11 is 7.56. The highest BCUT2D eigenvalue weighted by atomic mass is 35.5. The first-order chi connectivity index (χ1) is 8.45. The second-order valence-corrected chi connectivity index (χ2v) is 6.58. The number of thiazole rings is 1. The van der Waals surface area contributed by atoms with Crippen molar-refractivity contribution in [1.82, 2.24) is 9.97 Å². The predicted octanol–water partition coefficient (Wildman–Crippen LogP) is 4.10. The van der Waals surface area contributed by atoms with E-state index in [0.29, 0.717) is 5.15 Å². The summed E-state index contributed by atoms with van der Waals surface area (Å²) in [5, 5.41) is 4.89. The molecule has 1 N–H and O–H groups in total. The normalized spacial score (nSPS) is 11.6. The first kappa shape index (κ1) is 13.3. The zero-order valence-corrected chi connectivity index (χ0v) is 12.3. The van der Waals surface area contributed by atoms with Crippen LogP contribution in [0.25, 0.3) is 0 Å². The van der Waals surface area contributed by atoms with Gasteiger partial charge in [-0.25, -0.2) is 9.97 Å². The third kappa shape index (κ3) is 3.43. The van der Waals surface area contributed by atoms with Crippen LogP contribution in [0.2, 0.25) is 5.15 Å². The highest BCUT2D eigenvalue weighted by Crippen LogP contribution is 2.27. The molecule has 0 saturated carbocycles. The second kappa shape index (κ2) is 5.24. The number of hydrogen-bond acceptors (Lipinski definition) is 4. The number of hydrogen-bond donors (Lipinski definition) is 1. The Kier molecular flexibility index (Phi) is 3.88. The van der Waals surface area contributed by atoms with Gasteiger partial charge in [0.15, 0.2) is 0 Å². The van der Waals surface area contributed by atoms with Crippen LogP contribution in [0.15, 0.2) is 24.4 Å². The number of pyridine rings is 1. The van der Waals surface area contributed by atoms with Gasteiger partial charge in [0.25, 0.3) is 0 Å². The van der Waals surface area contributed by atoms with Crippen molar-refractivity contribution in [3.8, 4) is 0 Å². The van der Waals surface area contributed by atoms with E-state index in [1.807, 2.05) is 18.3 Å². The summed E-state index contributed by atoms with van der Waals surface area (Å²) < 4.78 is 0. The quantitative estimate of drug-likeness (QED) is 0.861. The van der Waals surface area contributed by atoms with Crippen LogP contribution in [0.5, 0.6) is 0 Å². The predicted molar refractivity (Wildman–Crippen MR) is 77.4 cm³/mol. The van der Waals surface area contributed by atoms with Crippen molar-refractivity contribution >= 4 is 28.8 Å². The fourth-order valence-corrected chi connectivity index (χ4v) is 2.49. The van der Waals surface area contributed by atoms with Gasteiger partial charge in [0.2, 0.25) is 0 Å². The lowest BCUT2D eigenvalue weighted by atomic mass is 9.98. The summed E-state index contributed by atoms with van der Waals surface area (Å²) in [6, 6.07) is 5.54. The number of aromatic nitrogens is 2. The van der Waals surface area contributed by atoms with Gasteiger partial charge in [0, 0.05) is 16.5 Å². The molecule has 0 spiro atoms. The van der Waals surface area contributed by atoms with Gasteiger partial charge in [0.1, 0.15) is 11.0 Å². The Morgan fingerprint density at radius 3 is 2.72 bits per heavy atom. The molecule has 18 heavy (non-hydrogen) atoms. The topological polar surface area (TPSA) is 37.8 Å². The Morgan fingerprint density at radius 1 is 1.33 bits per heavy atom. The molecule has 0 aliphatic heterocycles. The average Bonchev–Trinajstić information content (AvgIpc) is 2.74. The second-order valence-electron chi connectivity index (χ2n) is 5.08. The van der Waals surface area contributed by atoms with Gasteiger partial charge in [-0.2, -0.15) is 0 Å². The molecule has 2 rings (SSSR count). The standard InChI is InChI=1S/C13H16ClN3S/c1-13(2,3)12-16-8-9(18-12)7-15-11-6-4-5-10(14)17-11/h4-6,8H,7H2,1-3H3,(H,15,17). The van der Waals surface area contributed by atoms with Crippen molar-refractivity contribution in [2.75, 3.05) is 5.32 Å². The van der Waals surface area contributed by atoms with E-state index in [-0.39, 0.29) is 5.41 Å². The lowest BCUT2D eigenvalue weighted by Gasteiger charge is -2.13. The minimum atomic E-state index is 0.108. The van der Waals surface area contributed by atoms with E-state index in [1.54, 1.807) is 17.4 Å². The molecule has 0 fully saturated rings. The lowest BCUT2D eigenvalue weighted by molar-refractivity contribution is 0.585. The van der Waals surface area contributed by atoms with E-state index in [2.05, 4.69) is 36.1 Å². The van der Waals surface area contributed by atoms with Crippen LogP contribution >= 0.6 is 22.9 Å². The maximum atomic E-state index is 5.83. The minimum Gasteiger partial charge on any atom is -0.365 e. The zero-order chi connectivity index (χ0) is 13.2. The largest absolute Gasteiger partial charge is 0.365 e. The Bertz CT molecular complexity index is 531. The first-order valence-electron chi connectivity index (χ1n) is 5.77. The van der Waals surface area contributed by atoms with Crippen LogP contribution in [0.3, 0.4) is 0 Å². The van der Waals surface area contributed by atoms with Crippen LogP contribution in [0.1, 0.15) is 30.7 Å². The highest BCUT2D eigenvalue weighted by molar-refractivity contribution is 7.11. The Balaban J connectivity index is 2.01. The number of nitrogens with zero attached hydrogens (tertiary/aromatic N) is 2. The van der Waals surface area contributed by atoms with E-state index < -0.39 is 0 Å². The number of nitrogens with one attached hydrogen (secondary N) is 1. The van der Waals surface area contributed by atoms with Crippen LogP contribution in [-0.2, 0) is 12.0 Å². The molecule has 0 aliphatic rings. The number of anilines is 1. The maximum Gasteiger partial charge on any atom is 0.131 e. The molecule has 0 bridgehead atoms. The van der Waals surface area contributed by atoms with Gasteiger partial charge in [-0.05, 0) is 12.1 Å². The minimum absolute atomic E-state index is 0.108. The summed E-state index contributed by atoms with van der Waals surface area (Å²) in [7, 11) is 0. The summed E-state index contributed by atoms with van der Waals surface area (Å²) in [6.45, 7) is 7.23. The number of rotatable bonds is 3. The molecule has 2 aromatic rings. The average molecular weight is 282 g/mol. The van der Waals surface area contributed by atoms with Crippen molar-refractivity contribution in [2.45, 2.75) is 32.7 Å². The summed E-state index contributed by atoms with van der Waals surface area (Å²) in [6.07, 6.45) is 1.92. The fourth-order valence-electron chi connectivity index (χ4n) is 1.42. The molecule has 0 unspecified atom stereocenters. The maximum absolute atomic E-state index is 5.83. The molecule has 96 valence electrons. The van der Waals surface area contributed by atoms with Gasteiger partial charge < -0.3 is 5.32 Å². The van der Waals surface area contributed by atoms with E-state index in [0.717, 1.165) is 17.4 Å². The molecule has 0 amide bonds. The SMILES string of the molecule is CC(C)(C)c1ncc(CNc2cccc(Cl)n2)s1. The fraction of sp³-hybridized carbons (Fsp3) is 0.385. The number of halogens is 1. The molecule has 0 saturated heterocycles. The highest BCUT2D eigenvalue weighted by Gasteiger charge is 2.17. The van der Waals surface area contributed by atoms with Crippen molar-refractivity contribution in [3.05, 3.63) is 39.4 Å². The monoisotopic (exact) mass is 281 g/mol. The van der Waals surface area contributed by atoms with E-state index in [9.17, 15) is 0 Å². The van der Waals surface area contributed by atoms with Gasteiger partial charge >= 0.3 is 0 Å². The summed E-state index contributed by atoms with van der Waals surface area (Å²) in [5.74, 6) is 0.785. The molecule has 0 aromatic carbocycles. The van der Waals surface area contributed by atoms with E-state index >= 15 is 0 Å². The van der Waals surface area contributed by atoms with Crippen LogP contribution in [0, 0.1) is 0 Å². The van der Waals surface area contributed by atoms with Gasteiger partial charge in [0.05, 0.1) is 11.6 Å². The van der Waals surface area contributed by atoms with Crippen LogP contribution in [0.4, 0.5) is 5.82 Å². The van der Waals surface area contributed by atoms with Crippen molar-refractivity contribution < 1.29 is 0 Å². The van der Waals surface area contributed by atoms with Crippen LogP contribution < -0.4 is 5.32 Å². The molecule has 2 aromatic heterocycles. The molecule has 0 atom stereocenters. The van der Waals surface area contributed by atoms with Crippen molar-refractivity contribution in [1.29, 1.82) is 0 Å². The van der Waals surface area contributed by atoms with Crippen molar-refractivity contribution in [2.24, 2.45) is 0 Å². The Morgan fingerprint density at radius 2 is 2.11 bits per heavy atom. The smallest absolute Gasteiger partial charge is 0.131 e. The molecule has 3 nitrogen and oxygen atoms in total. The van der Waals surface area contributed by atoms with Gasteiger partial charge in [-0.3, -0.25) is 0 Å². The molecule has 2 heterocycles. The van der Waals surface area contributed by atoms with E-state index in [1.165, 1.54) is 4.88 Å². The molecular weight excluding hydrogens is 266 g/mol. The molecular formula is C13H16ClN3S. The lowest BCUT2D eigenvalue weighted by Crippen LogP contribution is -2.09. The first-order valence-corrected chi connectivity index (χ1v) is 6.96. The van der Waals surface area contributed by atoms with E-state index in [4.69, 9.17) is 11.6 Å². The molecule has 0 radical (unpaired) electrons. The van der Waals surface area contributed by atoms with Crippen molar-refractivity contribution in [3.63, 3.8) is 0 Å². The van der Waals surface area contributed by atoms with Gasteiger partial charge in [-0.15, -0.1) is 11.3 Å². The molecule has 5 heteroatoms. The van der Waals surface area contributed by atoms with Gasteiger partial charge in [-0.1, -0.05) is 38.4 Å². The zero-order valence-electron chi connectivity index (χ0n) is 10.7. The van der Waals surface area contributed by atoms with Crippen LogP contribution in [-0.4, -0.2) is 9.97 Å². The summed E-state index contributed by atoms with van der Waals surface area (Å²) in [4.78, 5) is 9.83. The third-order valence-corrected chi connectivity index (χ3v) is 3.99. The Hall–Kier alpha value is -1.13. The summed E-state index contributed by atoms with van der Waals surface area (Å²) in [5.41, 5.74) is 0.108. The third-order valence-electron chi connectivity index (χ3n) is 2.35. The Labute approximate surface area is 116 Å². The molecule has 0 aliphatic carbocycles.